The minimum absolute atomic E-state index is 0.0145. The summed E-state index contributed by atoms with van der Waals surface area (Å²) in [5.41, 5.74) is 2.93. The molecule has 2 aliphatic heterocycles. The van der Waals surface area contributed by atoms with E-state index in [-0.39, 0.29) is 6.03 Å². The van der Waals surface area contributed by atoms with E-state index in [1.54, 1.807) is 6.20 Å². The maximum Gasteiger partial charge on any atom is 0.317 e. The number of fused-ring (bicyclic) bond motifs is 1. The van der Waals surface area contributed by atoms with Gasteiger partial charge in [0.25, 0.3) is 0 Å². The van der Waals surface area contributed by atoms with E-state index in [1.165, 1.54) is 12.8 Å². The standard InChI is InChI=1S/C19H24N6O/c1-2-20-19(26)25-12-8-15-14(13-25)18(24-10-5-6-11-24)23-17(22-15)16-7-3-4-9-21-16/h3-4,7,9H,2,5-6,8,10-13H2,1H3,(H,20,26). The lowest BCUT2D eigenvalue weighted by Gasteiger charge is -2.31. The van der Waals surface area contributed by atoms with Gasteiger partial charge in [-0.1, -0.05) is 6.07 Å². The SMILES string of the molecule is CCNC(=O)N1CCc2nc(-c3ccccn3)nc(N3CCCC3)c2C1. The van der Waals surface area contributed by atoms with Gasteiger partial charge >= 0.3 is 6.03 Å². The van der Waals surface area contributed by atoms with E-state index in [2.05, 4.69) is 15.2 Å². The van der Waals surface area contributed by atoms with Gasteiger partial charge in [0.05, 0.1) is 12.2 Å². The number of nitrogens with zero attached hydrogens (tertiary/aromatic N) is 5. The Labute approximate surface area is 153 Å². The Morgan fingerprint density at radius 3 is 2.77 bits per heavy atom. The predicted molar refractivity (Wildman–Crippen MR) is 99.9 cm³/mol. The van der Waals surface area contributed by atoms with E-state index in [0.29, 0.717) is 25.5 Å². The van der Waals surface area contributed by atoms with E-state index in [0.717, 1.165) is 42.3 Å². The van der Waals surface area contributed by atoms with Crippen molar-refractivity contribution in [2.24, 2.45) is 0 Å². The fourth-order valence-electron chi connectivity index (χ4n) is 3.63. The Balaban J connectivity index is 1.73. The van der Waals surface area contributed by atoms with Gasteiger partial charge in [0, 0.05) is 44.4 Å². The van der Waals surface area contributed by atoms with Crippen molar-refractivity contribution in [3.8, 4) is 11.5 Å². The maximum absolute atomic E-state index is 12.3. The molecule has 26 heavy (non-hydrogen) atoms. The van der Waals surface area contributed by atoms with Gasteiger partial charge in [0.15, 0.2) is 5.82 Å². The summed E-state index contributed by atoms with van der Waals surface area (Å²) < 4.78 is 0. The number of anilines is 1. The van der Waals surface area contributed by atoms with Crippen LogP contribution in [0.1, 0.15) is 31.0 Å². The summed E-state index contributed by atoms with van der Waals surface area (Å²) >= 11 is 0. The first-order valence-corrected chi connectivity index (χ1v) is 9.35. The Kier molecular flexibility index (Phi) is 4.69. The third kappa shape index (κ3) is 3.21. The van der Waals surface area contributed by atoms with Crippen molar-refractivity contribution in [2.75, 3.05) is 31.1 Å². The van der Waals surface area contributed by atoms with Gasteiger partial charge in [-0.25, -0.2) is 14.8 Å². The number of nitrogens with one attached hydrogen (secondary N) is 1. The summed E-state index contributed by atoms with van der Waals surface area (Å²) in [5, 5.41) is 2.89. The predicted octanol–water partition coefficient (Wildman–Crippen LogP) is 2.23. The molecule has 0 radical (unpaired) electrons. The number of hydrogen-bond acceptors (Lipinski definition) is 5. The molecule has 7 heteroatoms. The molecule has 0 spiro atoms. The minimum atomic E-state index is -0.0145. The molecule has 4 rings (SSSR count). The van der Waals surface area contributed by atoms with Crippen molar-refractivity contribution < 1.29 is 4.79 Å². The molecule has 136 valence electrons. The van der Waals surface area contributed by atoms with Crippen molar-refractivity contribution in [3.05, 3.63) is 35.7 Å². The molecule has 1 saturated heterocycles. The molecular weight excluding hydrogens is 328 g/mol. The lowest BCUT2D eigenvalue weighted by Crippen LogP contribution is -2.43. The number of hydrogen-bond donors (Lipinski definition) is 1. The number of carbonyl (C=O) groups excluding carboxylic acids is 1. The van der Waals surface area contributed by atoms with Crippen LogP contribution < -0.4 is 10.2 Å². The summed E-state index contributed by atoms with van der Waals surface area (Å²) in [5.74, 6) is 1.65. The fraction of sp³-hybridized carbons (Fsp3) is 0.474. The van der Waals surface area contributed by atoms with Crippen LogP contribution in [0, 0.1) is 0 Å². The van der Waals surface area contributed by atoms with E-state index in [1.807, 2.05) is 30.0 Å². The largest absolute Gasteiger partial charge is 0.356 e. The first-order valence-electron chi connectivity index (χ1n) is 9.35. The second-order valence-corrected chi connectivity index (χ2v) is 6.71. The minimum Gasteiger partial charge on any atom is -0.356 e. The zero-order chi connectivity index (χ0) is 17.9. The Morgan fingerprint density at radius 2 is 2.04 bits per heavy atom. The average Bonchev–Trinajstić information content (AvgIpc) is 3.22. The van der Waals surface area contributed by atoms with Crippen molar-refractivity contribution in [2.45, 2.75) is 32.7 Å². The van der Waals surface area contributed by atoms with Gasteiger partial charge in [-0.3, -0.25) is 4.98 Å². The van der Waals surface area contributed by atoms with Crippen molar-refractivity contribution in [3.63, 3.8) is 0 Å². The van der Waals surface area contributed by atoms with E-state index in [9.17, 15) is 4.79 Å². The molecular formula is C19H24N6O. The molecule has 7 nitrogen and oxygen atoms in total. The van der Waals surface area contributed by atoms with Crippen LogP contribution in [0.5, 0.6) is 0 Å². The summed E-state index contributed by atoms with van der Waals surface area (Å²) in [7, 11) is 0. The molecule has 0 bridgehead atoms. The quantitative estimate of drug-likeness (QED) is 0.917. The molecule has 2 aromatic heterocycles. The van der Waals surface area contributed by atoms with Gasteiger partial charge in [0.2, 0.25) is 0 Å². The smallest absolute Gasteiger partial charge is 0.317 e. The molecule has 4 heterocycles. The highest BCUT2D eigenvalue weighted by molar-refractivity contribution is 5.75. The van der Waals surface area contributed by atoms with Crippen LogP contribution in [-0.2, 0) is 13.0 Å². The second kappa shape index (κ2) is 7.27. The van der Waals surface area contributed by atoms with Gasteiger partial charge in [-0.15, -0.1) is 0 Å². The highest BCUT2D eigenvalue weighted by Crippen LogP contribution is 2.31. The molecule has 0 aliphatic carbocycles. The van der Waals surface area contributed by atoms with Gasteiger partial charge in [0.1, 0.15) is 11.5 Å². The monoisotopic (exact) mass is 352 g/mol. The van der Waals surface area contributed by atoms with Crippen LogP contribution in [-0.4, -0.2) is 52.1 Å². The van der Waals surface area contributed by atoms with Crippen LogP contribution in [0.4, 0.5) is 10.6 Å². The van der Waals surface area contributed by atoms with E-state index in [4.69, 9.17) is 9.97 Å². The average molecular weight is 352 g/mol. The lowest BCUT2D eigenvalue weighted by atomic mass is 10.1. The van der Waals surface area contributed by atoms with Crippen LogP contribution in [0.15, 0.2) is 24.4 Å². The fourth-order valence-corrected chi connectivity index (χ4v) is 3.63. The summed E-state index contributed by atoms with van der Waals surface area (Å²) in [4.78, 5) is 30.5. The van der Waals surface area contributed by atoms with Crippen molar-refractivity contribution in [1.82, 2.24) is 25.2 Å². The van der Waals surface area contributed by atoms with Crippen molar-refractivity contribution in [1.29, 1.82) is 0 Å². The molecule has 1 fully saturated rings. The Bertz CT molecular complexity index is 788. The number of urea groups is 1. The van der Waals surface area contributed by atoms with Crippen LogP contribution >= 0.6 is 0 Å². The van der Waals surface area contributed by atoms with Gasteiger partial charge in [-0.05, 0) is 31.9 Å². The van der Waals surface area contributed by atoms with Crippen LogP contribution in [0.25, 0.3) is 11.5 Å². The molecule has 0 atom stereocenters. The molecule has 0 saturated carbocycles. The number of pyridine rings is 1. The molecule has 2 aliphatic rings. The summed E-state index contributed by atoms with van der Waals surface area (Å²) in [6.45, 7) is 5.83. The van der Waals surface area contributed by atoms with Gasteiger partial charge in [-0.2, -0.15) is 0 Å². The molecule has 0 unspecified atom stereocenters. The van der Waals surface area contributed by atoms with Gasteiger partial charge < -0.3 is 15.1 Å². The first-order chi connectivity index (χ1) is 12.8. The molecule has 1 N–H and O–H groups in total. The third-order valence-corrected chi connectivity index (χ3v) is 4.95. The van der Waals surface area contributed by atoms with Crippen LogP contribution in [0.2, 0.25) is 0 Å². The van der Waals surface area contributed by atoms with E-state index >= 15 is 0 Å². The number of carbonyl (C=O) groups is 1. The zero-order valence-electron chi connectivity index (χ0n) is 15.1. The summed E-state index contributed by atoms with van der Waals surface area (Å²) in [6, 6.07) is 5.78. The molecule has 2 amide bonds. The highest BCUT2D eigenvalue weighted by atomic mass is 16.2. The normalized spacial score (nSPS) is 16.5. The molecule has 2 aromatic rings. The van der Waals surface area contributed by atoms with Crippen LogP contribution in [0.3, 0.4) is 0 Å². The zero-order valence-corrected chi connectivity index (χ0v) is 15.1. The highest BCUT2D eigenvalue weighted by Gasteiger charge is 2.28. The summed E-state index contributed by atoms with van der Waals surface area (Å²) in [6.07, 6.45) is 4.87. The second-order valence-electron chi connectivity index (χ2n) is 6.71. The lowest BCUT2D eigenvalue weighted by molar-refractivity contribution is 0.192. The van der Waals surface area contributed by atoms with Crippen molar-refractivity contribution >= 4 is 11.8 Å². The number of aromatic nitrogens is 3. The number of amides is 2. The third-order valence-electron chi connectivity index (χ3n) is 4.95. The Morgan fingerprint density at radius 1 is 1.19 bits per heavy atom. The number of rotatable bonds is 3. The Hall–Kier alpha value is -2.70. The topological polar surface area (TPSA) is 74.2 Å². The van der Waals surface area contributed by atoms with E-state index < -0.39 is 0 Å². The first kappa shape index (κ1) is 16.8. The maximum atomic E-state index is 12.3. The molecule has 0 aromatic carbocycles.